The Morgan fingerprint density at radius 2 is 1.10 bits per heavy atom. The van der Waals surface area contributed by atoms with E-state index in [9.17, 15) is 19.5 Å². The van der Waals surface area contributed by atoms with E-state index >= 15 is 0 Å². The zero-order valence-corrected chi connectivity index (χ0v) is 32.5. The molecule has 1 amide bonds. The number of hydrogen-bond acceptors (Lipinski definition) is 5. The van der Waals surface area contributed by atoms with E-state index in [1.165, 1.54) is 77.0 Å². The van der Waals surface area contributed by atoms with Gasteiger partial charge in [-0.2, -0.15) is 0 Å². The highest BCUT2D eigenvalue weighted by atomic mass is 16.5. The van der Waals surface area contributed by atoms with Crippen molar-refractivity contribution in [2.45, 2.75) is 212 Å². The van der Waals surface area contributed by atoms with Gasteiger partial charge in [0.2, 0.25) is 5.91 Å². The van der Waals surface area contributed by atoms with E-state index in [1.54, 1.807) is 0 Å². The number of carbonyl (C=O) groups is 3. The molecule has 0 saturated carbocycles. The third-order valence-corrected chi connectivity index (χ3v) is 9.22. The van der Waals surface area contributed by atoms with Crippen molar-refractivity contribution in [1.82, 2.24) is 5.32 Å². The standard InChI is InChI=1S/C43H78N2O5/c1-3-5-7-9-11-12-13-14-15-16-17-18-19-20-22-27-31-37-42(47)50-39(33-28-24-21-10-8-6-4-2)34-29-25-23-26-30-36-41(46)45-40(43(48)49)35-32-38-44/h5,7,11-12,14-15,39-40H,3-4,6,8-10,13,16-38,44H2,1-2H3,(H,45,46)(H,48,49)/b7-5-,12-11-,15-14-. The second-order valence-corrected chi connectivity index (χ2v) is 14.0. The van der Waals surface area contributed by atoms with Crippen molar-refractivity contribution in [3.8, 4) is 0 Å². The van der Waals surface area contributed by atoms with Crippen LogP contribution in [0.3, 0.4) is 0 Å². The predicted octanol–water partition coefficient (Wildman–Crippen LogP) is 11.4. The lowest BCUT2D eigenvalue weighted by atomic mass is 10.0. The molecular weight excluding hydrogens is 624 g/mol. The Balaban J connectivity index is 4.18. The molecule has 0 aromatic heterocycles. The smallest absolute Gasteiger partial charge is 0.326 e. The Hall–Kier alpha value is -2.41. The van der Waals surface area contributed by atoms with Gasteiger partial charge in [-0.25, -0.2) is 4.79 Å². The minimum absolute atomic E-state index is 0.0124. The molecular formula is C43H78N2O5. The first-order valence-corrected chi connectivity index (χ1v) is 20.8. The van der Waals surface area contributed by atoms with Gasteiger partial charge in [0.15, 0.2) is 0 Å². The first kappa shape index (κ1) is 47.6. The predicted molar refractivity (Wildman–Crippen MR) is 211 cm³/mol. The van der Waals surface area contributed by atoms with Crippen LogP contribution >= 0.6 is 0 Å². The molecule has 0 aliphatic carbocycles. The van der Waals surface area contributed by atoms with E-state index in [0.29, 0.717) is 32.2 Å². The largest absolute Gasteiger partial charge is 0.480 e. The Morgan fingerprint density at radius 3 is 1.66 bits per heavy atom. The summed E-state index contributed by atoms with van der Waals surface area (Å²) in [5.74, 6) is -1.24. The molecule has 2 unspecified atom stereocenters. The molecule has 0 bridgehead atoms. The van der Waals surface area contributed by atoms with Gasteiger partial charge in [0, 0.05) is 12.8 Å². The quantitative estimate of drug-likeness (QED) is 0.0337. The number of ether oxygens (including phenoxy) is 1. The zero-order chi connectivity index (χ0) is 36.8. The summed E-state index contributed by atoms with van der Waals surface area (Å²) in [5, 5.41) is 11.9. The molecule has 4 N–H and O–H groups in total. The summed E-state index contributed by atoms with van der Waals surface area (Å²) in [6.45, 7) is 4.82. The number of rotatable bonds is 37. The fourth-order valence-corrected chi connectivity index (χ4v) is 6.11. The van der Waals surface area contributed by atoms with Crippen molar-refractivity contribution >= 4 is 17.8 Å². The number of aliphatic carboxylic acids is 1. The number of carboxylic acids is 1. The van der Waals surface area contributed by atoms with Crippen LogP contribution in [0, 0.1) is 0 Å². The number of esters is 1. The van der Waals surface area contributed by atoms with Crippen LogP contribution in [0.1, 0.15) is 200 Å². The van der Waals surface area contributed by atoms with Gasteiger partial charge in [-0.05, 0) is 90.0 Å². The minimum Gasteiger partial charge on any atom is -0.480 e. The van der Waals surface area contributed by atoms with Crippen LogP contribution in [0.15, 0.2) is 36.5 Å². The van der Waals surface area contributed by atoms with Crippen LogP contribution in [-0.2, 0) is 19.1 Å². The third-order valence-electron chi connectivity index (χ3n) is 9.22. The number of carbonyl (C=O) groups excluding carboxylic acids is 2. The van der Waals surface area contributed by atoms with Crippen molar-refractivity contribution in [3.05, 3.63) is 36.5 Å². The molecule has 290 valence electrons. The fourth-order valence-electron chi connectivity index (χ4n) is 6.11. The van der Waals surface area contributed by atoms with E-state index < -0.39 is 12.0 Å². The summed E-state index contributed by atoms with van der Waals surface area (Å²) >= 11 is 0. The van der Waals surface area contributed by atoms with E-state index in [2.05, 4.69) is 55.6 Å². The summed E-state index contributed by atoms with van der Waals surface area (Å²) in [4.78, 5) is 36.2. The van der Waals surface area contributed by atoms with E-state index in [0.717, 1.165) is 83.5 Å². The summed E-state index contributed by atoms with van der Waals surface area (Å²) in [7, 11) is 0. The van der Waals surface area contributed by atoms with Crippen molar-refractivity contribution in [3.63, 3.8) is 0 Å². The lowest BCUT2D eigenvalue weighted by Gasteiger charge is -2.18. The normalized spacial score (nSPS) is 13.0. The summed E-state index contributed by atoms with van der Waals surface area (Å²) in [6.07, 6.45) is 43.3. The highest BCUT2D eigenvalue weighted by Gasteiger charge is 2.19. The summed E-state index contributed by atoms with van der Waals surface area (Å²) < 4.78 is 6.01. The molecule has 0 aliphatic heterocycles. The molecule has 0 aliphatic rings. The molecule has 0 aromatic carbocycles. The van der Waals surface area contributed by atoms with E-state index in [-0.39, 0.29) is 18.0 Å². The van der Waals surface area contributed by atoms with Crippen molar-refractivity contribution in [1.29, 1.82) is 0 Å². The minimum atomic E-state index is -1.01. The number of carboxylic acid groups (broad SMARTS) is 1. The average Bonchev–Trinajstić information content (AvgIpc) is 3.10. The van der Waals surface area contributed by atoms with Crippen molar-refractivity contribution in [2.24, 2.45) is 5.73 Å². The topological polar surface area (TPSA) is 119 Å². The monoisotopic (exact) mass is 703 g/mol. The van der Waals surface area contributed by atoms with Crippen molar-refractivity contribution in [2.75, 3.05) is 6.54 Å². The summed E-state index contributed by atoms with van der Waals surface area (Å²) in [5.41, 5.74) is 5.47. The average molecular weight is 703 g/mol. The fraction of sp³-hybridized carbons (Fsp3) is 0.791. The molecule has 7 heteroatoms. The molecule has 0 rings (SSSR count). The SMILES string of the molecule is CC/C=C\C/C=C\C/C=C\CCCCCCCCCC(=O)OC(CCCCCCCCC)CCCCCCCC(=O)NC(CCCN)C(=O)O. The highest BCUT2D eigenvalue weighted by Crippen LogP contribution is 2.19. The van der Waals surface area contributed by atoms with Crippen LogP contribution in [0.2, 0.25) is 0 Å². The van der Waals surface area contributed by atoms with Gasteiger partial charge in [0.05, 0.1) is 0 Å². The van der Waals surface area contributed by atoms with Gasteiger partial charge in [-0.1, -0.05) is 140 Å². The molecule has 0 radical (unpaired) electrons. The van der Waals surface area contributed by atoms with Crippen LogP contribution in [0.5, 0.6) is 0 Å². The summed E-state index contributed by atoms with van der Waals surface area (Å²) in [6, 6.07) is -0.855. The van der Waals surface area contributed by atoms with Gasteiger partial charge in [-0.15, -0.1) is 0 Å². The van der Waals surface area contributed by atoms with Crippen molar-refractivity contribution < 1.29 is 24.2 Å². The van der Waals surface area contributed by atoms with E-state index in [1.807, 2.05) is 0 Å². The number of unbranched alkanes of at least 4 members (excludes halogenated alkanes) is 17. The van der Waals surface area contributed by atoms with Gasteiger partial charge in [-0.3, -0.25) is 9.59 Å². The number of hydrogen-bond donors (Lipinski definition) is 3. The number of nitrogens with two attached hydrogens (primary N) is 1. The maximum absolute atomic E-state index is 12.7. The number of allylic oxidation sites excluding steroid dienone is 6. The van der Waals surface area contributed by atoms with Gasteiger partial charge in [0.25, 0.3) is 0 Å². The lowest BCUT2D eigenvalue weighted by Crippen LogP contribution is -2.40. The second kappa shape index (κ2) is 37.8. The maximum Gasteiger partial charge on any atom is 0.326 e. The number of amides is 1. The Labute approximate surface area is 307 Å². The van der Waals surface area contributed by atoms with E-state index in [4.69, 9.17) is 10.5 Å². The van der Waals surface area contributed by atoms with Gasteiger partial charge in [0.1, 0.15) is 12.1 Å². The first-order chi connectivity index (χ1) is 24.4. The lowest BCUT2D eigenvalue weighted by molar-refractivity contribution is -0.150. The molecule has 7 nitrogen and oxygen atoms in total. The molecule has 0 spiro atoms. The second-order valence-electron chi connectivity index (χ2n) is 14.0. The Bertz CT molecular complexity index is 885. The molecule has 0 fully saturated rings. The Morgan fingerprint density at radius 1 is 0.600 bits per heavy atom. The Kier molecular flexibility index (Phi) is 36.0. The van der Waals surface area contributed by atoms with Crippen LogP contribution < -0.4 is 11.1 Å². The van der Waals surface area contributed by atoms with Gasteiger partial charge >= 0.3 is 11.9 Å². The molecule has 0 saturated heterocycles. The van der Waals surface area contributed by atoms with Crippen LogP contribution in [-0.4, -0.2) is 41.6 Å². The third kappa shape index (κ3) is 34.1. The maximum atomic E-state index is 12.7. The first-order valence-electron chi connectivity index (χ1n) is 20.8. The zero-order valence-electron chi connectivity index (χ0n) is 32.5. The molecule has 0 aromatic rings. The molecule has 50 heavy (non-hydrogen) atoms. The molecule has 2 atom stereocenters. The number of nitrogens with one attached hydrogen (secondary N) is 1. The molecule has 0 heterocycles. The highest BCUT2D eigenvalue weighted by molar-refractivity contribution is 5.83. The van der Waals surface area contributed by atoms with Crippen LogP contribution in [0.25, 0.3) is 0 Å². The van der Waals surface area contributed by atoms with Crippen LogP contribution in [0.4, 0.5) is 0 Å². The van der Waals surface area contributed by atoms with Gasteiger partial charge < -0.3 is 20.9 Å².